The highest BCUT2D eigenvalue weighted by atomic mass is 35.5. The lowest BCUT2D eigenvalue weighted by Gasteiger charge is -2.07. The van der Waals surface area contributed by atoms with E-state index in [1.807, 2.05) is 6.07 Å². The van der Waals surface area contributed by atoms with E-state index >= 15 is 0 Å². The van der Waals surface area contributed by atoms with Crippen LogP contribution in [0.5, 0.6) is 0 Å². The Morgan fingerprint density at radius 3 is 2.61 bits per heavy atom. The highest BCUT2D eigenvalue weighted by Gasteiger charge is 2.09. The summed E-state index contributed by atoms with van der Waals surface area (Å²) in [4.78, 5) is 14.6. The fraction of sp³-hybridized carbons (Fsp3) is 0.0833. The third-order valence-corrected chi connectivity index (χ3v) is 3.03. The summed E-state index contributed by atoms with van der Waals surface area (Å²) in [6.45, 7) is 0.416. The first-order valence-corrected chi connectivity index (χ1v) is 5.74. The Morgan fingerprint density at radius 2 is 2.06 bits per heavy atom. The van der Waals surface area contributed by atoms with Crippen molar-refractivity contribution in [3.8, 4) is 6.07 Å². The van der Waals surface area contributed by atoms with E-state index in [0.717, 1.165) is 11.8 Å². The van der Waals surface area contributed by atoms with Gasteiger partial charge in [0.2, 0.25) is 0 Å². The molecule has 0 amide bonds. The molecule has 0 bridgehead atoms. The second kappa shape index (κ2) is 5.21. The van der Waals surface area contributed by atoms with Crippen LogP contribution >= 0.6 is 23.2 Å². The standard InChI is InChI=1S/C12H7Cl2N3O/c13-11-1-8(2-12(14)10(11)3-15)5-17-7-16-4-9(17)6-18/h1-2,4,6-7H,5H2. The number of carbonyl (C=O) groups is 1. The molecule has 0 atom stereocenters. The Morgan fingerprint density at radius 1 is 1.39 bits per heavy atom. The highest BCUT2D eigenvalue weighted by Crippen LogP contribution is 2.26. The number of nitriles is 1. The summed E-state index contributed by atoms with van der Waals surface area (Å²) in [5.41, 5.74) is 1.51. The van der Waals surface area contributed by atoms with Gasteiger partial charge in [0, 0.05) is 6.54 Å². The van der Waals surface area contributed by atoms with Crippen molar-refractivity contribution >= 4 is 29.5 Å². The normalized spacial score (nSPS) is 10.1. The molecule has 1 heterocycles. The van der Waals surface area contributed by atoms with Crippen LogP contribution in [0.25, 0.3) is 0 Å². The molecule has 1 aromatic carbocycles. The van der Waals surface area contributed by atoms with Gasteiger partial charge in [0.1, 0.15) is 11.8 Å². The van der Waals surface area contributed by atoms with Crippen molar-refractivity contribution < 1.29 is 4.79 Å². The second-order valence-corrected chi connectivity index (χ2v) is 4.42. The van der Waals surface area contributed by atoms with E-state index in [2.05, 4.69) is 4.98 Å². The lowest BCUT2D eigenvalue weighted by atomic mass is 10.1. The van der Waals surface area contributed by atoms with E-state index in [-0.39, 0.29) is 5.56 Å². The van der Waals surface area contributed by atoms with Gasteiger partial charge in [0.25, 0.3) is 0 Å². The number of rotatable bonds is 3. The van der Waals surface area contributed by atoms with Gasteiger partial charge in [-0.25, -0.2) is 4.98 Å². The summed E-state index contributed by atoms with van der Waals surface area (Å²) in [6, 6.07) is 5.24. The van der Waals surface area contributed by atoms with Crippen LogP contribution < -0.4 is 0 Å². The molecule has 1 aromatic heterocycles. The molecule has 2 rings (SSSR count). The minimum absolute atomic E-state index is 0.253. The molecule has 0 spiro atoms. The van der Waals surface area contributed by atoms with Crippen molar-refractivity contribution in [1.82, 2.24) is 9.55 Å². The molecular formula is C12H7Cl2N3O. The molecule has 0 unspecified atom stereocenters. The quantitative estimate of drug-likeness (QED) is 0.812. The number of imidazole rings is 1. The van der Waals surface area contributed by atoms with Crippen LogP contribution in [-0.2, 0) is 6.54 Å². The topological polar surface area (TPSA) is 58.7 Å². The monoisotopic (exact) mass is 279 g/mol. The molecule has 4 nitrogen and oxygen atoms in total. The zero-order chi connectivity index (χ0) is 13.1. The van der Waals surface area contributed by atoms with Gasteiger partial charge in [0.05, 0.1) is 28.1 Å². The van der Waals surface area contributed by atoms with Gasteiger partial charge in [0.15, 0.2) is 6.29 Å². The number of hydrogen-bond donors (Lipinski definition) is 0. The second-order valence-electron chi connectivity index (χ2n) is 3.61. The number of aromatic nitrogens is 2. The molecule has 0 N–H and O–H groups in total. The van der Waals surface area contributed by atoms with Crippen molar-refractivity contribution in [3.05, 3.63) is 51.5 Å². The fourth-order valence-electron chi connectivity index (χ4n) is 1.58. The average molecular weight is 280 g/mol. The Bertz CT molecular complexity index is 620. The summed E-state index contributed by atoms with van der Waals surface area (Å²) >= 11 is 11.9. The van der Waals surface area contributed by atoms with Gasteiger partial charge in [-0.3, -0.25) is 4.79 Å². The van der Waals surface area contributed by atoms with E-state index in [1.165, 1.54) is 6.20 Å². The first-order chi connectivity index (χ1) is 8.65. The van der Waals surface area contributed by atoms with Crippen molar-refractivity contribution in [1.29, 1.82) is 5.26 Å². The molecule has 90 valence electrons. The first-order valence-electron chi connectivity index (χ1n) is 4.99. The summed E-state index contributed by atoms with van der Waals surface area (Å²) < 4.78 is 1.67. The van der Waals surface area contributed by atoms with E-state index in [1.54, 1.807) is 23.0 Å². The van der Waals surface area contributed by atoms with Gasteiger partial charge in [-0.15, -0.1) is 0 Å². The number of benzene rings is 1. The van der Waals surface area contributed by atoms with Crippen LogP contribution in [0, 0.1) is 11.3 Å². The fourth-order valence-corrected chi connectivity index (χ4v) is 2.20. The predicted octanol–water partition coefficient (Wildman–Crippen LogP) is 2.92. The molecule has 6 heteroatoms. The zero-order valence-corrected chi connectivity index (χ0v) is 10.6. The molecule has 0 aliphatic carbocycles. The van der Waals surface area contributed by atoms with Crippen LogP contribution in [-0.4, -0.2) is 15.8 Å². The van der Waals surface area contributed by atoms with Crippen LogP contribution in [0.1, 0.15) is 21.6 Å². The van der Waals surface area contributed by atoms with Gasteiger partial charge < -0.3 is 4.57 Å². The van der Waals surface area contributed by atoms with Crippen LogP contribution in [0.15, 0.2) is 24.7 Å². The SMILES string of the molecule is N#Cc1c(Cl)cc(Cn2cncc2C=O)cc1Cl. The molecule has 0 radical (unpaired) electrons. The van der Waals surface area contributed by atoms with Crippen molar-refractivity contribution in [3.63, 3.8) is 0 Å². The Kier molecular flexibility index (Phi) is 3.66. The van der Waals surface area contributed by atoms with Crippen molar-refractivity contribution in [2.75, 3.05) is 0 Å². The molecule has 0 aliphatic heterocycles. The Labute approximate surface area is 113 Å². The maximum atomic E-state index is 10.8. The largest absolute Gasteiger partial charge is 0.324 e. The van der Waals surface area contributed by atoms with Crippen molar-refractivity contribution in [2.24, 2.45) is 0 Å². The van der Waals surface area contributed by atoms with E-state index in [0.29, 0.717) is 22.3 Å². The molecule has 0 fully saturated rings. The van der Waals surface area contributed by atoms with E-state index < -0.39 is 0 Å². The molecule has 2 aromatic rings. The number of hydrogen-bond acceptors (Lipinski definition) is 3. The molecular weight excluding hydrogens is 273 g/mol. The summed E-state index contributed by atoms with van der Waals surface area (Å²) in [5, 5.41) is 9.45. The third-order valence-electron chi connectivity index (χ3n) is 2.43. The maximum Gasteiger partial charge on any atom is 0.168 e. The number of aldehydes is 1. The molecule has 0 saturated heterocycles. The maximum absolute atomic E-state index is 10.8. The van der Waals surface area contributed by atoms with Crippen molar-refractivity contribution in [2.45, 2.75) is 6.54 Å². The van der Waals surface area contributed by atoms with E-state index in [9.17, 15) is 4.79 Å². The average Bonchev–Trinajstić information content (AvgIpc) is 2.76. The minimum atomic E-state index is 0.253. The molecule has 0 aliphatic rings. The summed E-state index contributed by atoms with van der Waals surface area (Å²) in [6.07, 6.45) is 3.74. The van der Waals surface area contributed by atoms with Gasteiger partial charge in [-0.2, -0.15) is 5.26 Å². The lowest BCUT2D eigenvalue weighted by molar-refractivity contribution is 0.111. The number of nitrogens with zero attached hydrogens (tertiary/aromatic N) is 3. The van der Waals surface area contributed by atoms with Crippen LogP contribution in [0.4, 0.5) is 0 Å². The summed E-state index contributed by atoms with van der Waals surface area (Å²) in [5.74, 6) is 0. The van der Waals surface area contributed by atoms with Gasteiger partial charge in [-0.1, -0.05) is 23.2 Å². The Hall–Kier alpha value is -1.83. The van der Waals surface area contributed by atoms with Crippen LogP contribution in [0.2, 0.25) is 10.0 Å². The van der Waals surface area contributed by atoms with Crippen LogP contribution in [0.3, 0.4) is 0 Å². The minimum Gasteiger partial charge on any atom is -0.324 e. The lowest BCUT2D eigenvalue weighted by Crippen LogP contribution is -2.02. The highest BCUT2D eigenvalue weighted by molar-refractivity contribution is 6.36. The Balaban J connectivity index is 2.37. The first kappa shape index (κ1) is 12.6. The third kappa shape index (κ3) is 2.37. The van der Waals surface area contributed by atoms with Gasteiger partial charge in [-0.05, 0) is 17.7 Å². The number of halogens is 2. The molecule has 0 saturated carbocycles. The summed E-state index contributed by atoms with van der Waals surface area (Å²) in [7, 11) is 0. The molecule has 18 heavy (non-hydrogen) atoms. The van der Waals surface area contributed by atoms with E-state index in [4.69, 9.17) is 28.5 Å². The smallest absolute Gasteiger partial charge is 0.168 e. The number of carbonyl (C=O) groups excluding carboxylic acids is 1. The zero-order valence-electron chi connectivity index (χ0n) is 9.10. The predicted molar refractivity (Wildman–Crippen MR) is 67.9 cm³/mol. The van der Waals surface area contributed by atoms with Gasteiger partial charge >= 0.3 is 0 Å².